The number of nitrogens with two attached hydrogens (primary N) is 1. The number of carbonyl (C=O) groups excluding carboxylic acids is 1. The van der Waals surface area contributed by atoms with Gasteiger partial charge in [-0.15, -0.1) is 0 Å². The highest BCUT2D eigenvalue weighted by Crippen LogP contribution is 2.11. The molecule has 1 amide bonds. The lowest BCUT2D eigenvalue weighted by Gasteiger charge is -2.32. The van der Waals surface area contributed by atoms with Crippen molar-refractivity contribution in [2.75, 3.05) is 19.6 Å². The standard InChI is InChI=1S/C13H27N3O/c1-11(14)6-7-13(17)15-10-12(2)16-8-4-3-5-9-16/h11-12H,3-10,14H2,1-2H3,(H,15,17). The minimum Gasteiger partial charge on any atom is -0.355 e. The minimum atomic E-state index is 0.111. The van der Waals surface area contributed by atoms with Crippen molar-refractivity contribution < 1.29 is 4.79 Å². The van der Waals surface area contributed by atoms with Crippen LogP contribution >= 0.6 is 0 Å². The number of likely N-dealkylation sites (tertiary alicyclic amines) is 1. The first-order valence-corrected chi connectivity index (χ1v) is 6.86. The highest BCUT2D eigenvalue weighted by Gasteiger charge is 2.16. The molecule has 0 aliphatic carbocycles. The predicted octanol–water partition coefficient (Wildman–Crippen LogP) is 1.10. The van der Waals surface area contributed by atoms with Gasteiger partial charge in [0.05, 0.1) is 0 Å². The van der Waals surface area contributed by atoms with Gasteiger partial charge in [-0.05, 0) is 46.2 Å². The molecule has 17 heavy (non-hydrogen) atoms. The topological polar surface area (TPSA) is 58.4 Å². The lowest BCUT2D eigenvalue weighted by molar-refractivity contribution is -0.121. The van der Waals surface area contributed by atoms with E-state index in [1.807, 2.05) is 6.92 Å². The van der Waals surface area contributed by atoms with E-state index in [1.165, 1.54) is 32.4 Å². The molecule has 0 bridgehead atoms. The summed E-state index contributed by atoms with van der Waals surface area (Å²) in [6, 6.07) is 0.565. The Hall–Kier alpha value is -0.610. The molecule has 0 radical (unpaired) electrons. The molecule has 2 unspecified atom stereocenters. The van der Waals surface area contributed by atoms with E-state index in [9.17, 15) is 4.79 Å². The van der Waals surface area contributed by atoms with Crippen LogP contribution in [0, 0.1) is 0 Å². The Labute approximate surface area is 105 Å². The molecule has 0 aromatic carbocycles. The van der Waals surface area contributed by atoms with Gasteiger partial charge in [0.15, 0.2) is 0 Å². The van der Waals surface area contributed by atoms with Gasteiger partial charge in [0, 0.05) is 25.0 Å². The van der Waals surface area contributed by atoms with Gasteiger partial charge in [-0.25, -0.2) is 0 Å². The van der Waals surface area contributed by atoms with Crippen LogP contribution in [0.25, 0.3) is 0 Å². The average molecular weight is 241 g/mol. The molecule has 1 fully saturated rings. The number of nitrogens with zero attached hydrogens (tertiary/aromatic N) is 1. The van der Waals surface area contributed by atoms with Crippen molar-refractivity contribution in [2.24, 2.45) is 5.73 Å². The predicted molar refractivity (Wildman–Crippen MR) is 70.8 cm³/mol. The highest BCUT2D eigenvalue weighted by atomic mass is 16.1. The maximum Gasteiger partial charge on any atom is 0.220 e. The molecular formula is C13H27N3O. The fourth-order valence-corrected chi connectivity index (χ4v) is 2.20. The van der Waals surface area contributed by atoms with E-state index in [-0.39, 0.29) is 11.9 Å². The monoisotopic (exact) mass is 241 g/mol. The van der Waals surface area contributed by atoms with Crippen LogP contribution in [0.2, 0.25) is 0 Å². The molecule has 3 N–H and O–H groups in total. The van der Waals surface area contributed by atoms with Crippen LogP contribution in [-0.4, -0.2) is 42.5 Å². The molecule has 0 spiro atoms. The Morgan fingerprint density at radius 3 is 2.53 bits per heavy atom. The van der Waals surface area contributed by atoms with Gasteiger partial charge in [0.1, 0.15) is 0 Å². The molecule has 0 aromatic rings. The van der Waals surface area contributed by atoms with Crippen LogP contribution in [0.15, 0.2) is 0 Å². The second-order valence-electron chi connectivity index (χ2n) is 5.27. The number of hydrogen-bond acceptors (Lipinski definition) is 3. The second kappa shape index (κ2) is 7.67. The third-order valence-electron chi connectivity index (χ3n) is 3.44. The molecule has 1 saturated heterocycles. The molecule has 1 aliphatic rings. The first-order valence-electron chi connectivity index (χ1n) is 6.86. The second-order valence-corrected chi connectivity index (χ2v) is 5.27. The number of carbonyl (C=O) groups is 1. The van der Waals surface area contributed by atoms with E-state index >= 15 is 0 Å². The third-order valence-corrected chi connectivity index (χ3v) is 3.44. The SMILES string of the molecule is CC(N)CCC(=O)NCC(C)N1CCCCC1. The van der Waals surface area contributed by atoms with Crippen molar-refractivity contribution in [1.82, 2.24) is 10.2 Å². The van der Waals surface area contributed by atoms with Gasteiger partial charge < -0.3 is 11.1 Å². The van der Waals surface area contributed by atoms with Crippen molar-refractivity contribution in [3.05, 3.63) is 0 Å². The lowest BCUT2D eigenvalue weighted by Crippen LogP contribution is -2.44. The zero-order chi connectivity index (χ0) is 12.7. The normalized spacial score (nSPS) is 20.9. The van der Waals surface area contributed by atoms with Crippen LogP contribution in [0.4, 0.5) is 0 Å². The molecule has 100 valence electrons. The molecule has 0 saturated carbocycles. The van der Waals surface area contributed by atoms with E-state index in [0.29, 0.717) is 12.5 Å². The van der Waals surface area contributed by atoms with Gasteiger partial charge in [0.25, 0.3) is 0 Å². The summed E-state index contributed by atoms with van der Waals surface area (Å²) in [6.07, 6.45) is 5.25. The Bertz CT molecular complexity index is 225. The quantitative estimate of drug-likeness (QED) is 0.732. The van der Waals surface area contributed by atoms with E-state index in [4.69, 9.17) is 5.73 Å². The first-order chi connectivity index (χ1) is 8.09. The lowest BCUT2D eigenvalue weighted by atomic mass is 10.1. The Kier molecular flexibility index (Phi) is 6.52. The number of amides is 1. The molecule has 2 atom stereocenters. The van der Waals surface area contributed by atoms with E-state index in [1.54, 1.807) is 0 Å². The van der Waals surface area contributed by atoms with Gasteiger partial charge in [-0.3, -0.25) is 9.69 Å². The average Bonchev–Trinajstić information content (AvgIpc) is 2.34. The Morgan fingerprint density at radius 1 is 1.29 bits per heavy atom. The summed E-state index contributed by atoms with van der Waals surface area (Å²) in [6.45, 7) is 7.24. The zero-order valence-corrected chi connectivity index (χ0v) is 11.2. The van der Waals surface area contributed by atoms with Crippen LogP contribution in [0.5, 0.6) is 0 Å². The van der Waals surface area contributed by atoms with Gasteiger partial charge in [-0.2, -0.15) is 0 Å². The van der Waals surface area contributed by atoms with Crippen molar-refractivity contribution in [1.29, 1.82) is 0 Å². The van der Waals surface area contributed by atoms with Gasteiger partial charge in [0.2, 0.25) is 5.91 Å². The Balaban J connectivity index is 2.13. The number of hydrogen-bond donors (Lipinski definition) is 2. The summed E-state index contributed by atoms with van der Waals surface area (Å²) in [5, 5.41) is 3.00. The highest BCUT2D eigenvalue weighted by molar-refractivity contribution is 5.75. The Morgan fingerprint density at radius 2 is 1.94 bits per heavy atom. The van der Waals surface area contributed by atoms with Crippen molar-refractivity contribution in [2.45, 2.75) is 58.0 Å². The van der Waals surface area contributed by atoms with E-state index in [2.05, 4.69) is 17.1 Å². The van der Waals surface area contributed by atoms with Crippen LogP contribution in [0.3, 0.4) is 0 Å². The summed E-state index contributed by atoms with van der Waals surface area (Å²) in [7, 11) is 0. The molecule has 0 aromatic heterocycles. The van der Waals surface area contributed by atoms with Crippen molar-refractivity contribution in [3.8, 4) is 0 Å². The number of piperidine rings is 1. The number of nitrogens with one attached hydrogen (secondary N) is 1. The third kappa shape index (κ3) is 6.03. The van der Waals surface area contributed by atoms with E-state index < -0.39 is 0 Å². The van der Waals surface area contributed by atoms with Crippen LogP contribution < -0.4 is 11.1 Å². The minimum absolute atomic E-state index is 0.111. The van der Waals surface area contributed by atoms with Gasteiger partial charge >= 0.3 is 0 Å². The summed E-state index contributed by atoms with van der Waals surface area (Å²) in [5.74, 6) is 0.131. The molecule has 1 rings (SSSR count). The van der Waals surface area contributed by atoms with E-state index in [0.717, 1.165) is 13.0 Å². The van der Waals surface area contributed by atoms with Crippen LogP contribution in [0.1, 0.15) is 46.0 Å². The summed E-state index contributed by atoms with van der Waals surface area (Å²) >= 11 is 0. The van der Waals surface area contributed by atoms with Gasteiger partial charge in [-0.1, -0.05) is 6.42 Å². The maximum absolute atomic E-state index is 11.5. The fourth-order valence-electron chi connectivity index (χ4n) is 2.20. The maximum atomic E-state index is 11.5. The van der Waals surface area contributed by atoms with Crippen LogP contribution in [-0.2, 0) is 4.79 Å². The molecule has 1 aliphatic heterocycles. The summed E-state index contributed by atoms with van der Waals surface area (Å²) in [4.78, 5) is 14.0. The largest absolute Gasteiger partial charge is 0.355 e. The molecule has 4 nitrogen and oxygen atoms in total. The van der Waals surface area contributed by atoms with Crippen molar-refractivity contribution >= 4 is 5.91 Å². The fraction of sp³-hybridized carbons (Fsp3) is 0.923. The molecule has 1 heterocycles. The number of rotatable bonds is 6. The zero-order valence-electron chi connectivity index (χ0n) is 11.2. The molecular weight excluding hydrogens is 214 g/mol. The summed E-state index contributed by atoms with van der Waals surface area (Å²) in [5.41, 5.74) is 5.63. The first kappa shape index (κ1) is 14.5. The molecule has 4 heteroatoms. The smallest absolute Gasteiger partial charge is 0.220 e. The summed E-state index contributed by atoms with van der Waals surface area (Å²) < 4.78 is 0. The van der Waals surface area contributed by atoms with Crippen molar-refractivity contribution in [3.63, 3.8) is 0 Å².